The molecule has 0 aromatic rings. The zero-order valence-electron chi connectivity index (χ0n) is 13.3. The Balaban J connectivity index is 4.25. The molecular weight excluding hydrogens is 260 g/mol. The molecule has 2 atom stereocenters. The molecule has 0 bridgehead atoms. The van der Waals surface area contributed by atoms with Gasteiger partial charge in [0.2, 0.25) is 0 Å². The first-order valence-electron chi connectivity index (χ1n) is 7.36. The van der Waals surface area contributed by atoms with Gasteiger partial charge in [0.1, 0.15) is 0 Å². The SMILES string of the molecule is CCC(C)N(CC)SC(C)SN(CC)C(C)CC. The Hall–Kier alpha value is 0.620. The predicted octanol–water partition coefficient (Wildman–Crippen LogP) is 4.87. The Morgan fingerprint density at radius 2 is 1.06 bits per heavy atom. The van der Waals surface area contributed by atoms with E-state index in [9.17, 15) is 0 Å². The fourth-order valence-corrected chi connectivity index (χ4v) is 4.38. The average molecular weight is 293 g/mol. The van der Waals surface area contributed by atoms with Crippen molar-refractivity contribution in [1.82, 2.24) is 8.61 Å². The van der Waals surface area contributed by atoms with Crippen molar-refractivity contribution in [3.63, 3.8) is 0 Å². The van der Waals surface area contributed by atoms with Crippen LogP contribution in [0.1, 0.15) is 61.3 Å². The summed E-state index contributed by atoms with van der Waals surface area (Å²) in [6.45, 7) is 18.3. The van der Waals surface area contributed by atoms with Gasteiger partial charge in [0.15, 0.2) is 0 Å². The van der Waals surface area contributed by atoms with E-state index in [0.29, 0.717) is 16.7 Å². The highest BCUT2D eigenvalue weighted by atomic mass is 32.2. The maximum Gasteiger partial charge on any atom is 0.0768 e. The van der Waals surface area contributed by atoms with Gasteiger partial charge >= 0.3 is 0 Å². The second-order valence-electron chi connectivity index (χ2n) is 4.76. The molecule has 0 saturated carbocycles. The van der Waals surface area contributed by atoms with Crippen LogP contribution in [0.5, 0.6) is 0 Å². The molecule has 18 heavy (non-hydrogen) atoms. The van der Waals surface area contributed by atoms with Crippen molar-refractivity contribution in [3.8, 4) is 0 Å². The summed E-state index contributed by atoms with van der Waals surface area (Å²) in [5.41, 5.74) is 0. The minimum Gasteiger partial charge on any atom is -0.247 e. The first-order valence-corrected chi connectivity index (χ1v) is 9.04. The van der Waals surface area contributed by atoms with Crippen LogP contribution in [0.4, 0.5) is 0 Å². The number of hydrogen-bond acceptors (Lipinski definition) is 4. The predicted molar refractivity (Wildman–Crippen MR) is 88.9 cm³/mol. The van der Waals surface area contributed by atoms with Crippen molar-refractivity contribution < 1.29 is 0 Å². The Kier molecular flexibility index (Phi) is 10.8. The van der Waals surface area contributed by atoms with Crippen molar-refractivity contribution in [1.29, 1.82) is 0 Å². The van der Waals surface area contributed by atoms with E-state index in [4.69, 9.17) is 0 Å². The maximum absolute atomic E-state index is 2.52. The minimum absolute atomic E-state index is 0.591. The molecule has 0 radical (unpaired) electrons. The Labute approximate surface area is 124 Å². The van der Waals surface area contributed by atoms with Gasteiger partial charge in [-0.05, 0) is 33.6 Å². The van der Waals surface area contributed by atoms with Crippen LogP contribution in [0.2, 0.25) is 0 Å². The monoisotopic (exact) mass is 292 g/mol. The molecule has 2 unspecified atom stereocenters. The van der Waals surface area contributed by atoms with E-state index < -0.39 is 0 Å². The van der Waals surface area contributed by atoms with Crippen molar-refractivity contribution in [2.75, 3.05) is 13.1 Å². The molecule has 110 valence electrons. The molecular formula is C14H32N2S2. The average Bonchev–Trinajstić information content (AvgIpc) is 2.40. The van der Waals surface area contributed by atoms with Gasteiger partial charge < -0.3 is 0 Å². The number of nitrogens with zero attached hydrogens (tertiary/aromatic N) is 2. The molecule has 0 N–H and O–H groups in total. The Morgan fingerprint density at radius 1 is 0.722 bits per heavy atom. The zero-order valence-corrected chi connectivity index (χ0v) is 14.9. The van der Waals surface area contributed by atoms with Gasteiger partial charge in [0, 0.05) is 25.2 Å². The lowest BCUT2D eigenvalue weighted by Crippen LogP contribution is -2.30. The second kappa shape index (κ2) is 10.4. The molecule has 4 heteroatoms. The standard InChI is InChI=1S/C14H32N2S2/c1-8-12(5)15(10-3)17-14(7)18-16(11-4)13(6)9-2/h12-14H,8-11H2,1-7H3. The van der Waals surface area contributed by atoms with E-state index in [0.717, 1.165) is 13.1 Å². The van der Waals surface area contributed by atoms with Gasteiger partial charge in [-0.3, -0.25) is 0 Å². The van der Waals surface area contributed by atoms with Crippen LogP contribution in [0, 0.1) is 0 Å². The van der Waals surface area contributed by atoms with Crippen LogP contribution in [-0.2, 0) is 0 Å². The molecule has 0 heterocycles. The summed E-state index contributed by atoms with van der Waals surface area (Å²) in [4.78, 5) is 0. The highest BCUT2D eigenvalue weighted by molar-refractivity contribution is 8.14. The van der Waals surface area contributed by atoms with Crippen LogP contribution in [0.15, 0.2) is 0 Å². The first-order chi connectivity index (χ1) is 8.49. The van der Waals surface area contributed by atoms with E-state index in [-0.39, 0.29) is 0 Å². The molecule has 0 saturated heterocycles. The smallest absolute Gasteiger partial charge is 0.0768 e. The van der Waals surface area contributed by atoms with Crippen molar-refractivity contribution in [2.45, 2.75) is 78.0 Å². The third-order valence-electron chi connectivity index (χ3n) is 3.36. The summed E-state index contributed by atoms with van der Waals surface area (Å²) in [6.07, 6.45) is 2.45. The lowest BCUT2D eigenvalue weighted by molar-refractivity contribution is 0.375. The van der Waals surface area contributed by atoms with E-state index in [1.807, 2.05) is 23.9 Å². The highest BCUT2D eigenvalue weighted by Crippen LogP contribution is 2.32. The Morgan fingerprint density at radius 3 is 1.28 bits per heavy atom. The van der Waals surface area contributed by atoms with Gasteiger partial charge in [0.25, 0.3) is 0 Å². The van der Waals surface area contributed by atoms with Gasteiger partial charge in [-0.2, -0.15) is 0 Å². The molecule has 0 aliphatic heterocycles. The van der Waals surface area contributed by atoms with E-state index >= 15 is 0 Å². The third kappa shape index (κ3) is 6.69. The molecule has 2 nitrogen and oxygen atoms in total. The van der Waals surface area contributed by atoms with Crippen molar-refractivity contribution in [3.05, 3.63) is 0 Å². The molecule has 0 aliphatic carbocycles. The van der Waals surface area contributed by atoms with Gasteiger partial charge in [-0.1, -0.05) is 51.6 Å². The molecule has 0 aromatic heterocycles. The van der Waals surface area contributed by atoms with Gasteiger partial charge in [-0.25, -0.2) is 8.61 Å². The summed E-state index contributed by atoms with van der Waals surface area (Å²) in [7, 11) is 0. The molecule has 0 aliphatic rings. The molecule has 0 amide bonds. The molecule has 0 fully saturated rings. The van der Waals surface area contributed by atoms with Gasteiger partial charge in [0.05, 0.1) is 4.58 Å². The Bertz CT molecular complexity index is 182. The number of rotatable bonds is 10. The van der Waals surface area contributed by atoms with Crippen LogP contribution < -0.4 is 0 Å². The van der Waals surface area contributed by atoms with Crippen LogP contribution in [-0.4, -0.2) is 38.4 Å². The van der Waals surface area contributed by atoms with Crippen LogP contribution in [0.3, 0.4) is 0 Å². The summed E-state index contributed by atoms with van der Waals surface area (Å²) in [5, 5.41) is 0. The quantitative estimate of drug-likeness (QED) is 0.418. The largest absolute Gasteiger partial charge is 0.247 e. The zero-order chi connectivity index (χ0) is 14.1. The fourth-order valence-electron chi connectivity index (χ4n) is 1.79. The summed E-state index contributed by atoms with van der Waals surface area (Å²) in [5.74, 6) is 0. The second-order valence-corrected chi connectivity index (χ2v) is 7.83. The van der Waals surface area contributed by atoms with Crippen molar-refractivity contribution in [2.24, 2.45) is 0 Å². The molecule has 0 aromatic carbocycles. The summed E-state index contributed by atoms with van der Waals surface area (Å²) < 4.78 is 5.62. The van der Waals surface area contributed by atoms with Crippen molar-refractivity contribution >= 4 is 23.9 Å². The summed E-state index contributed by atoms with van der Waals surface area (Å²) >= 11 is 4.01. The maximum atomic E-state index is 2.52. The van der Waals surface area contributed by atoms with E-state index in [1.54, 1.807) is 0 Å². The minimum atomic E-state index is 0.591. The van der Waals surface area contributed by atoms with E-state index in [2.05, 4.69) is 57.1 Å². The first kappa shape index (κ1) is 18.6. The van der Waals surface area contributed by atoms with Crippen LogP contribution in [0.25, 0.3) is 0 Å². The molecule has 0 spiro atoms. The summed E-state index contributed by atoms with van der Waals surface area (Å²) in [6, 6.07) is 1.34. The molecule has 0 rings (SSSR count). The fraction of sp³-hybridized carbons (Fsp3) is 1.00. The number of hydrogen-bond donors (Lipinski definition) is 0. The highest BCUT2D eigenvalue weighted by Gasteiger charge is 2.19. The normalized spacial score (nSPS) is 17.2. The van der Waals surface area contributed by atoms with Crippen LogP contribution >= 0.6 is 23.9 Å². The van der Waals surface area contributed by atoms with E-state index in [1.165, 1.54) is 12.8 Å². The lowest BCUT2D eigenvalue weighted by atomic mass is 10.3. The lowest BCUT2D eigenvalue weighted by Gasteiger charge is -2.32. The third-order valence-corrected chi connectivity index (χ3v) is 6.24. The topological polar surface area (TPSA) is 6.48 Å². The van der Waals surface area contributed by atoms with Gasteiger partial charge in [-0.15, -0.1) is 0 Å².